The molecule has 3 aromatic rings. The highest BCUT2D eigenvalue weighted by Crippen LogP contribution is 2.35. The van der Waals surface area contributed by atoms with Crippen molar-refractivity contribution in [2.45, 2.75) is 38.3 Å². The summed E-state index contributed by atoms with van der Waals surface area (Å²) < 4.78 is 19.2. The minimum absolute atomic E-state index is 0.0227. The van der Waals surface area contributed by atoms with Crippen LogP contribution in [0.1, 0.15) is 34.9 Å². The lowest BCUT2D eigenvalue weighted by Crippen LogP contribution is -2.49. The Hall–Kier alpha value is -3.39. The van der Waals surface area contributed by atoms with Crippen LogP contribution in [0.25, 0.3) is 0 Å². The maximum atomic E-state index is 13.5. The molecule has 1 aromatic heterocycles. The number of benzene rings is 2. The second kappa shape index (κ2) is 10.1. The fourth-order valence-electron chi connectivity index (χ4n) is 4.40. The van der Waals surface area contributed by atoms with Crippen LogP contribution in [-0.2, 0) is 11.2 Å². The van der Waals surface area contributed by atoms with Crippen LogP contribution in [0.2, 0.25) is 0 Å². The first kappa shape index (κ1) is 23.4. The van der Waals surface area contributed by atoms with Crippen molar-refractivity contribution in [2.75, 3.05) is 25.0 Å². The Bertz CT molecular complexity index is 1190. The topological polar surface area (TPSA) is 61.9 Å². The van der Waals surface area contributed by atoms with E-state index in [0.717, 1.165) is 30.4 Å². The van der Waals surface area contributed by atoms with E-state index in [4.69, 9.17) is 4.74 Å². The first-order chi connectivity index (χ1) is 17.0. The molecule has 0 radical (unpaired) electrons. The molecule has 35 heavy (non-hydrogen) atoms. The third kappa shape index (κ3) is 5.48. The monoisotopic (exact) mass is 493 g/mol. The molecular weight excluding hydrogens is 465 g/mol. The zero-order chi connectivity index (χ0) is 24.4. The highest BCUT2D eigenvalue weighted by atomic mass is 32.1. The number of aryl methyl sites for hydroxylation is 1. The maximum absolute atomic E-state index is 13.5. The Labute approximate surface area is 208 Å². The van der Waals surface area contributed by atoms with Gasteiger partial charge in [-0.1, -0.05) is 17.7 Å². The summed E-state index contributed by atoms with van der Waals surface area (Å²) >= 11 is 1.68. The molecule has 0 bridgehead atoms. The molecule has 182 valence electrons. The summed E-state index contributed by atoms with van der Waals surface area (Å²) in [6, 6.07) is 15.1. The predicted molar refractivity (Wildman–Crippen MR) is 134 cm³/mol. The number of carbonyl (C=O) groups excluding carboxylic acids is 2. The number of nitrogens with zero attached hydrogens (tertiary/aromatic N) is 2. The van der Waals surface area contributed by atoms with Crippen molar-refractivity contribution in [3.63, 3.8) is 0 Å². The van der Waals surface area contributed by atoms with Crippen LogP contribution in [0.3, 0.4) is 0 Å². The van der Waals surface area contributed by atoms with Crippen LogP contribution in [0, 0.1) is 12.7 Å². The average molecular weight is 494 g/mol. The van der Waals surface area contributed by atoms with Gasteiger partial charge in [0.25, 0.3) is 0 Å². The van der Waals surface area contributed by atoms with E-state index in [-0.39, 0.29) is 43.0 Å². The zero-order valence-corrected chi connectivity index (χ0v) is 20.4. The number of urea groups is 1. The Morgan fingerprint density at radius 2 is 1.86 bits per heavy atom. The Balaban J connectivity index is 1.29. The largest absolute Gasteiger partial charge is 0.491 e. The number of hydrogen-bond acceptors (Lipinski definition) is 4. The number of amides is 3. The summed E-state index contributed by atoms with van der Waals surface area (Å²) in [4.78, 5) is 31.3. The van der Waals surface area contributed by atoms with Crippen LogP contribution >= 0.6 is 11.3 Å². The maximum Gasteiger partial charge on any atom is 0.322 e. The summed E-state index contributed by atoms with van der Waals surface area (Å²) in [5.41, 5.74) is 2.91. The van der Waals surface area contributed by atoms with Crippen LogP contribution in [-0.4, -0.2) is 47.5 Å². The van der Waals surface area contributed by atoms with Crippen LogP contribution in [0.15, 0.2) is 60.0 Å². The van der Waals surface area contributed by atoms with Gasteiger partial charge in [-0.25, -0.2) is 9.18 Å². The standard InChI is InChI=1S/C27H28FN3O3S/c1-18-2-6-20(7-3-18)29-27(33)31(21-8-9-21)16-26(32)30-14-12-25-23(13-15-35-25)24(30)17-34-22-10-4-19(28)5-11-22/h2-7,10-11,13,15,21,24H,8-9,12,14,16-17H2,1H3,(H,29,33). The molecule has 1 fully saturated rings. The number of halogens is 1. The van der Waals surface area contributed by atoms with Crippen molar-refractivity contribution < 1.29 is 18.7 Å². The Morgan fingerprint density at radius 3 is 2.57 bits per heavy atom. The average Bonchev–Trinajstić information content (AvgIpc) is 3.58. The summed E-state index contributed by atoms with van der Waals surface area (Å²) in [5.74, 6) is 0.134. The number of thiophene rings is 1. The van der Waals surface area contributed by atoms with Crippen molar-refractivity contribution in [1.29, 1.82) is 0 Å². The van der Waals surface area contributed by atoms with E-state index >= 15 is 0 Å². The van der Waals surface area contributed by atoms with Crippen LogP contribution < -0.4 is 10.1 Å². The van der Waals surface area contributed by atoms with Gasteiger partial charge in [-0.3, -0.25) is 4.79 Å². The van der Waals surface area contributed by atoms with Gasteiger partial charge in [0.05, 0.1) is 6.04 Å². The van der Waals surface area contributed by atoms with E-state index in [9.17, 15) is 14.0 Å². The first-order valence-corrected chi connectivity index (χ1v) is 12.7. The molecule has 1 unspecified atom stereocenters. The van der Waals surface area contributed by atoms with Gasteiger partial charge < -0.3 is 19.9 Å². The molecule has 1 saturated carbocycles. The highest BCUT2D eigenvalue weighted by Gasteiger charge is 2.38. The molecule has 5 rings (SSSR count). The number of hydrogen-bond donors (Lipinski definition) is 1. The Morgan fingerprint density at radius 1 is 1.11 bits per heavy atom. The van der Waals surface area contributed by atoms with Crippen molar-refractivity contribution >= 4 is 29.0 Å². The molecule has 0 spiro atoms. The minimum atomic E-state index is -0.323. The molecular formula is C27H28FN3O3S. The van der Waals surface area contributed by atoms with Gasteiger partial charge >= 0.3 is 6.03 Å². The number of fused-ring (bicyclic) bond motifs is 1. The minimum Gasteiger partial charge on any atom is -0.491 e. The predicted octanol–water partition coefficient (Wildman–Crippen LogP) is 5.40. The number of anilines is 1. The van der Waals surface area contributed by atoms with E-state index in [2.05, 4.69) is 5.32 Å². The van der Waals surface area contributed by atoms with Crippen LogP contribution in [0.4, 0.5) is 14.9 Å². The quantitative estimate of drug-likeness (QED) is 0.480. The van der Waals surface area contributed by atoms with E-state index < -0.39 is 0 Å². The molecule has 2 aliphatic rings. The van der Waals surface area contributed by atoms with E-state index in [1.807, 2.05) is 47.5 Å². The summed E-state index contributed by atoms with van der Waals surface area (Å²) in [6.07, 6.45) is 2.59. The summed E-state index contributed by atoms with van der Waals surface area (Å²) in [5, 5.41) is 4.97. The van der Waals surface area contributed by atoms with Crippen molar-refractivity contribution in [1.82, 2.24) is 9.80 Å². The lowest BCUT2D eigenvalue weighted by Gasteiger charge is -2.37. The lowest BCUT2D eigenvalue weighted by molar-refractivity contribution is -0.135. The second-order valence-corrected chi connectivity index (χ2v) is 10.1. The van der Waals surface area contributed by atoms with Gasteiger partial charge in [0.2, 0.25) is 5.91 Å². The number of ether oxygens (including phenoxy) is 1. The van der Waals surface area contributed by atoms with Crippen molar-refractivity contribution in [2.24, 2.45) is 0 Å². The number of nitrogens with one attached hydrogen (secondary N) is 1. The molecule has 3 amide bonds. The van der Waals surface area contributed by atoms with E-state index in [1.165, 1.54) is 17.0 Å². The van der Waals surface area contributed by atoms with Crippen molar-refractivity contribution in [3.05, 3.63) is 81.8 Å². The number of carbonyl (C=O) groups is 2. The SMILES string of the molecule is Cc1ccc(NC(=O)N(CC(=O)N2CCc3sccc3C2COc2ccc(F)cc2)C2CC2)cc1. The molecule has 6 nitrogen and oxygen atoms in total. The molecule has 1 N–H and O–H groups in total. The third-order valence-corrected chi connectivity index (χ3v) is 7.49. The fourth-order valence-corrected chi connectivity index (χ4v) is 5.33. The normalized spacial score (nSPS) is 17.0. The van der Waals surface area contributed by atoms with Gasteiger partial charge in [0, 0.05) is 23.2 Å². The fraction of sp³-hybridized carbons (Fsp3) is 0.333. The molecule has 1 aliphatic heterocycles. The summed E-state index contributed by atoms with van der Waals surface area (Å²) in [7, 11) is 0. The molecule has 8 heteroatoms. The zero-order valence-electron chi connectivity index (χ0n) is 19.6. The molecule has 2 heterocycles. The molecule has 1 aliphatic carbocycles. The van der Waals surface area contributed by atoms with Crippen molar-refractivity contribution in [3.8, 4) is 5.75 Å². The van der Waals surface area contributed by atoms with Gasteiger partial charge in [0.15, 0.2) is 0 Å². The summed E-state index contributed by atoms with van der Waals surface area (Å²) in [6.45, 7) is 2.85. The molecule has 2 aromatic carbocycles. The van der Waals surface area contributed by atoms with Gasteiger partial charge in [0.1, 0.15) is 24.7 Å². The van der Waals surface area contributed by atoms with Crippen LogP contribution in [0.5, 0.6) is 5.75 Å². The van der Waals surface area contributed by atoms with E-state index in [1.54, 1.807) is 28.4 Å². The Kier molecular flexibility index (Phi) is 6.72. The van der Waals surface area contributed by atoms with Gasteiger partial charge in [-0.15, -0.1) is 11.3 Å². The smallest absolute Gasteiger partial charge is 0.322 e. The molecule has 1 atom stereocenters. The number of rotatable bonds is 7. The van der Waals surface area contributed by atoms with E-state index in [0.29, 0.717) is 18.0 Å². The second-order valence-electron chi connectivity index (χ2n) is 9.07. The molecule has 0 saturated heterocycles. The third-order valence-electron chi connectivity index (χ3n) is 6.49. The van der Waals surface area contributed by atoms with Gasteiger partial charge in [-0.05, 0) is 79.6 Å². The van der Waals surface area contributed by atoms with Gasteiger partial charge in [-0.2, -0.15) is 0 Å². The highest BCUT2D eigenvalue weighted by molar-refractivity contribution is 7.10. The first-order valence-electron chi connectivity index (χ1n) is 11.9. The lowest BCUT2D eigenvalue weighted by atomic mass is 10.0.